The van der Waals surface area contributed by atoms with Crippen LogP contribution < -0.4 is 24.6 Å². The molecule has 2 aliphatic rings. The molecular formula is C35H31ClF3N5O5. The first kappa shape index (κ1) is 33.7. The molecule has 0 spiro atoms. The molecule has 0 amide bonds. The lowest BCUT2D eigenvalue weighted by atomic mass is 9.93. The molecule has 0 atom stereocenters. The second-order valence-electron chi connectivity index (χ2n) is 11.2. The number of piperazine rings is 1. The molecule has 0 saturated carbocycles. The Morgan fingerprint density at radius 1 is 0.898 bits per heavy atom. The van der Waals surface area contributed by atoms with Crippen molar-refractivity contribution in [2.45, 2.75) is 6.18 Å². The van der Waals surface area contributed by atoms with Crippen molar-refractivity contribution in [3.63, 3.8) is 0 Å². The van der Waals surface area contributed by atoms with Crippen molar-refractivity contribution < 1.29 is 37.0 Å². The van der Waals surface area contributed by atoms with E-state index >= 15 is 0 Å². The number of anilines is 4. The van der Waals surface area contributed by atoms with Gasteiger partial charge in [-0.2, -0.15) is 13.2 Å². The first-order chi connectivity index (χ1) is 23.5. The molecule has 1 saturated heterocycles. The van der Waals surface area contributed by atoms with Gasteiger partial charge in [-0.05, 0) is 60.7 Å². The summed E-state index contributed by atoms with van der Waals surface area (Å²) >= 11 is 5.83. The predicted octanol–water partition coefficient (Wildman–Crippen LogP) is 6.50. The number of ketones is 2. The molecule has 3 aromatic carbocycles. The third kappa shape index (κ3) is 7.32. The summed E-state index contributed by atoms with van der Waals surface area (Å²) in [4.78, 5) is 38.2. The van der Waals surface area contributed by atoms with Crippen molar-refractivity contribution in [3.05, 3.63) is 89.2 Å². The van der Waals surface area contributed by atoms with Crippen LogP contribution in [0.4, 0.5) is 36.1 Å². The zero-order valence-corrected chi connectivity index (χ0v) is 27.3. The lowest BCUT2D eigenvalue weighted by Crippen LogP contribution is -2.47. The minimum absolute atomic E-state index is 0.230. The highest BCUT2D eigenvalue weighted by molar-refractivity contribution is 6.35. The van der Waals surface area contributed by atoms with Gasteiger partial charge in [-0.25, -0.2) is 9.97 Å². The van der Waals surface area contributed by atoms with Crippen LogP contribution in [0.3, 0.4) is 0 Å². The van der Waals surface area contributed by atoms with Gasteiger partial charge < -0.3 is 29.3 Å². The summed E-state index contributed by atoms with van der Waals surface area (Å²) in [6.07, 6.45) is 0.622. The number of alkyl halides is 3. The molecule has 6 rings (SSSR count). The van der Waals surface area contributed by atoms with E-state index in [1.807, 2.05) is 21.9 Å². The molecule has 0 unspecified atom stereocenters. The van der Waals surface area contributed by atoms with Gasteiger partial charge in [0, 0.05) is 72.9 Å². The summed E-state index contributed by atoms with van der Waals surface area (Å²) in [6.45, 7) is 2.44. The Morgan fingerprint density at radius 2 is 1.67 bits per heavy atom. The van der Waals surface area contributed by atoms with Gasteiger partial charge in [-0.1, -0.05) is 11.6 Å². The average Bonchev–Trinajstić information content (AvgIpc) is 3.09. The average molecular weight is 694 g/mol. The molecule has 4 aromatic rings. The fourth-order valence-electron chi connectivity index (χ4n) is 5.77. The van der Waals surface area contributed by atoms with E-state index in [0.717, 1.165) is 6.07 Å². The zero-order valence-electron chi connectivity index (χ0n) is 26.5. The van der Waals surface area contributed by atoms with Crippen molar-refractivity contribution in [3.8, 4) is 11.5 Å². The maximum atomic E-state index is 13.5. The Balaban J connectivity index is 1.30. The fourth-order valence-corrected chi connectivity index (χ4v) is 5.99. The molecule has 49 heavy (non-hydrogen) atoms. The standard InChI is InChI=1S/C35H31ClF3N5O5/c1-47-13-14-49-33-19-29-26(18-32(33)48-2)34(41-20-40-29)42-21-3-7-30(24(15-21)25-17-23(45)5-8-31(25)46)44-11-9-43(10-12-44)22-4-6-28(36)27(16-22)35(37,38)39/h3-8,15-20H,9-14H2,1-2H3,(H,40,41,42). The number of nitrogens with zero attached hydrogens (tertiary/aromatic N) is 4. The quantitative estimate of drug-likeness (QED) is 0.146. The van der Waals surface area contributed by atoms with Gasteiger partial charge in [0.05, 0.1) is 29.8 Å². The number of allylic oxidation sites excluding steroid dienone is 4. The van der Waals surface area contributed by atoms with Gasteiger partial charge in [0.25, 0.3) is 0 Å². The van der Waals surface area contributed by atoms with E-state index in [1.54, 1.807) is 31.4 Å². The summed E-state index contributed by atoms with van der Waals surface area (Å²) in [5.41, 5.74) is 2.18. The van der Waals surface area contributed by atoms with Gasteiger partial charge >= 0.3 is 6.18 Å². The number of halogens is 4. The Labute approximate surface area is 284 Å². The summed E-state index contributed by atoms with van der Waals surface area (Å²) < 4.78 is 57.0. The van der Waals surface area contributed by atoms with Crippen LogP contribution in [0.5, 0.6) is 11.5 Å². The monoisotopic (exact) mass is 693 g/mol. The molecule has 0 bridgehead atoms. The number of fused-ring (bicyclic) bond motifs is 1. The number of ether oxygens (including phenoxy) is 3. The maximum Gasteiger partial charge on any atom is 0.417 e. The van der Waals surface area contributed by atoms with Crippen molar-refractivity contribution in [2.24, 2.45) is 0 Å². The Morgan fingerprint density at radius 3 is 2.41 bits per heavy atom. The van der Waals surface area contributed by atoms with Crippen LogP contribution in [0.25, 0.3) is 16.5 Å². The highest BCUT2D eigenvalue weighted by Crippen LogP contribution is 2.39. The van der Waals surface area contributed by atoms with Crippen LogP contribution in [0.2, 0.25) is 5.02 Å². The molecular weight excluding hydrogens is 663 g/mol. The fraction of sp³-hybridized carbons (Fsp3) is 0.257. The highest BCUT2D eigenvalue weighted by Gasteiger charge is 2.34. The topological polar surface area (TPSA) is 106 Å². The lowest BCUT2D eigenvalue weighted by Gasteiger charge is -2.38. The van der Waals surface area contributed by atoms with Crippen LogP contribution in [0, 0.1) is 0 Å². The molecule has 1 aliphatic carbocycles. The van der Waals surface area contributed by atoms with E-state index in [9.17, 15) is 22.8 Å². The van der Waals surface area contributed by atoms with Crippen LogP contribution in [-0.2, 0) is 20.5 Å². The molecule has 1 aliphatic heterocycles. The number of nitrogens with one attached hydrogen (secondary N) is 1. The van der Waals surface area contributed by atoms with Crippen LogP contribution in [0.1, 0.15) is 11.1 Å². The molecule has 1 fully saturated rings. The largest absolute Gasteiger partial charge is 0.493 e. The van der Waals surface area contributed by atoms with E-state index in [2.05, 4.69) is 15.3 Å². The van der Waals surface area contributed by atoms with Gasteiger partial charge in [-0.15, -0.1) is 0 Å². The van der Waals surface area contributed by atoms with E-state index < -0.39 is 11.7 Å². The Bertz CT molecular complexity index is 1980. The highest BCUT2D eigenvalue weighted by atomic mass is 35.5. The van der Waals surface area contributed by atoms with Crippen molar-refractivity contribution in [1.29, 1.82) is 0 Å². The molecule has 254 valence electrons. The number of carbonyl (C=O) groups excluding carboxylic acids is 2. The van der Waals surface area contributed by atoms with E-state index in [-0.39, 0.29) is 22.2 Å². The van der Waals surface area contributed by atoms with Crippen molar-refractivity contribution in [1.82, 2.24) is 9.97 Å². The zero-order chi connectivity index (χ0) is 34.7. The van der Waals surface area contributed by atoms with Gasteiger partial charge in [0.15, 0.2) is 23.1 Å². The minimum atomic E-state index is -4.57. The normalized spacial score (nSPS) is 15.1. The van der Waals surface area contributed by atoms with Gasteiger partial charge in [-0.3, -0.25) is 9.59 Å². The second-order valence-corrected chi connectivity index (χ2v) is 11.6. The summed E-state index contributed by atoms with van der Waals surface area (Å²) in [6, 6.07) is 12.9. The SMILES string of the molecule is COCCOc1cc2ncnc(Nc3ccc(N4CCN(c5ccc(Cl)c(C(F)(F)F)c5)CC4)c(C4=CC(=O)C=CC4=O)c3)c2cc1OC. The van der Waals surface area contributed by atoms with E-state index in [1.165, 1.54) is 37.7 Å². The summed E-state index contributed by atoms with van der Waals surface area (Å²) in [5.74, 6) is 0.814. The van der Waals surface area contributed by atoms with Crippen LogP contribution >= 0.6 is 11.6 Å². The first-order valence-corrected chi connectivity index (χ1v) is 15.6. The molecule has 1 N–H and O–H groups in total. The van der Waals surface area contributed by atoms with Gasteiger partial charge in [0.1, 0.15) is 18.8 Å². The number of benzene rings is 3. The summed E-state index contributed by atoms with van der Waals surface area (Å²) in [7, 11) is 3.12. The number of rotatable bonds is 10. The molecule has 14 heteroatoms. The van der Waals surface area contributed by atoms with E-state index in [0.29, 0.717) is 90.2 Å². The lowest BCUT2D eigenvalue weighted by molar-refractivity contribution is -0.137. The minimum Gasteiger partial charge on any atom is -0.493 e. The number of hydrogen-bond donors (Lipinski definition) is 1. The summed E-state index contributed by atoms with van der Waals surface area (Å²) in [5, 5.41) is 3.62. The Kier molecular flexibility index (Phi) is 9.74. The second kappa shape index (κ2) is 14.1. The molecule has 0 radical (unpaired) electrons. The first-order valence-electron chi connectivity index (χ1n) is 15.3. The Hall–Kier alpha value is -5.14. The number of hydrogen-bond acceptors (Lipinski definition) is 10. The maximum absolute atomic E-state index is 13.5. The smallest absolute Gasteiger partial charge is 0.417 e. The number of aromatic nitrogens is 2. The molecule has 10 nitrogen and oxygen atoms in total. The third-order valence-corrected chi connectivity index (χ3v) is 8.54. The van der Waals surface area contributed by atoms with Gasteiger partial charge in [0.2, 0.25) is 0 Å². The van der Waals surface area contributed by atoms with E-state index in [4.69, 9.17) is 25.8 Å². The predicted molar refractivity (Wildman–Crippen MR) is 181 cm³/mol. The van der Waals surface area contributed by atoms with Crippen LogP contribution in [-0.4, -0.2) is 75.1 Å². The van der Waals surface area contributed by atoms with Crippen molar-refractivity contribution in [2.75, 3.05) is 68.7 Å². The van der Waals surface area contributed by atoms with Crippen LogP contribution in [0.15, 0.2) is 73.1 Å². The third-order valence-electron chi connectivity index (χ3n) is 8.21. The molecule has 2 heterocycles. The number of methoxy groups -OCH3 is 2. The van der Waals surface area contributed by atoms with Crippen molar-refractivity contribution >= 4 is 62.5 Å². The number of carbonyl (C=O) groups is 2. The molecule has 1 aromatic heterocycles.